The molecule has 242 valence electrons. The van der Waals surface area contributed by atoms with Gasteiger partial charge in [-0.25, -0.2) is 0 Å². The Labute approximate surface area is 291 Å². The van der Waals surface area contributed by atoms with Crippen LogP contribution in [-0.4, -0.2) is 10.2 Å². The fourth-order valence-corrected chi connectivity index (χ4v) is 6.82. The molecule has 4 nitrogen and oxygen atoms in total. The van der Waals surface area contributed by atoms with Crippen LogP contribution in [0, 0.1) is 0 Å². The van der Waals surface area contributed by atoms with Crippen molar-refractivity contribution in [2.24, 2.45) is 0 Å². The summed E-state index contributed by atoms with van der Waals surface area (Å²) in [6, 6.07) is 56.5. The summed E-state index contributed by atoms with van der Waals surface area (Å²) in [4.78, 5) is 0. The van der Waals surface area contributed by atoms with Crippen LogP contribution in [0.4, 0.5) is 0 Å². The molecule has 0 aliphatic carbocycles. The molecular formula is C46H34O4. The molecular weight excluding hydrogens is 617 g/mol. The van der Waals surface area contributed by atoms with Crippen molar-refractivity contribution in [3.63, 3.8) is 0 Å². The van der Waals surface area contributed by atoms with E-state index in [-0.39, 0.29) is 13.2 Å². The first kappa shape index (κ1) is 31.1. The summed E-state index contributed by atoms with van der Waals surface area (Å²) in [7, 11) is 0. The van der Waals surface area contributed by atoms with Gasteiger partial charge in [-0.2, -0.15) is 0 Å². The topological polar surface area (TPSA) is 58.9 Å². The van der Waals surface area contributed by atoms with Gasteiger partial charge >= 0.3 is 0 Å². The summed E-state index contributed by atoms with van der Waals surface area (Å²) >= 11 is 0. The van der Waals surface area contributed by atoms with Crippen molar-refractivity contribution in [3.05, 3.63) is 181 Å². The third-order valence-electron chi connectivity index (χ3n) is 9.20. The average molecular weight is 651 g/mol. The number of hydrogen-bond acceptors (Lipinski definition) is 4. The number of fused-ring (bicyclic) bond motifs is 2. The minimum absolute atomic E-state index is 0.0767. The molecule has 0 aromatic heterocycles. The Morgan fingerprint density at radius 1 is 0.320 bits per heavy atom. The zero-order valence-electron chi connectivity index (χ0n) is 27.3. The second-order valence-electron chi connectivity index (χ2n) is 12.1. The monoisotopic (exact) mass is 650 g/mol. The molecule has 0 radical (unpaired) electrons. The van der Waals surface area contributed by atoms with Crippen molar-refractivity contribution in [3.8, 4) is 56.4 Å². The molecule has 8 aromatic rings. The molecule has 0 unspecified atom stereocenters. The predicted molar refractivity (Wildman–Crippen MR) is 203 cm³/mol. The molecule has 0 heterocycles. The molecule has 0 amide bonds. The van der Waals surface area contributed by atoms with Gasteiger partial charge in [0.1, 0.15) is 23.0 Å². The second kappa shape index (κ2) is 13.7. The number of aliphatic hydroxyl groups is 2. The number of hydrogen-bond donors (Lipinski definition) is 2. The van der Waals surface area contributed by atoms with Gasteiger partial charge in [0.05, 0.1) is 13.2 Å². The molecule has 8 aromatic carbocycles. The summed E-state index contributed by atoms with van der Waals surface area (Å²) in [5, 5.41) is 24.6. The lowest BCUT2D eigenvalue weighted by Gasteiger charge is -2.21. The second-order valence-corrected chi connectivity index (χ2v) is 12.1. The molecule has 0 bridgehead atoms. The first-order valence-electron chi connectivity index (χ1n) is 16.7. The molecule has 50 heavy (non-hydrogen) atoms. The quantitative estimate of drug-likeness (QED) is 0.163. The maximum Gasteiger partial charge on any atom is 0.136 e. The summed E-state index contributed by atoms with van der Waals surface area (Å²) in [5.41, 5.74) is 7.09. The number of para-hydroxylation sites is 2. The lowest BCUT2D eigenvalue weighted by Crippen LogP contribution is -1.97. The van der Waals surface area contributed by atoms with E-state index in [4.69, 9.17) is 9.47 Å². The van der Waals surface area contributed by atoms with Gasteiger partial charge in [0.15, 0.2) is 0 Å². The molecule has 0 aliphatic heterocycles. The number of ether oxygens (including phenoxy) is 2. The van der Waals surface area contributed by atoms with E-state index < -0.39 is 0 Å². The Morgan fingerprint density at radius 3 is 1.12 bits per heavy atom. The van der Waals surface area contributed by atoms with Gasteiger partial charge in [0, 0.05) is 22.3 Å². The molecule has 2 N–H and O–H groups in total. The van der Waals surface area contributed by atoms with Gasteiger partial charge in [-0.1, -0.05) is 146 Å². The van der Waals surface area contributed by atoms with Gasteiger partial charge in [-0.3, -0.25) is 0 Å². The smallest absolute Gasteiger partial charge is 0.136 e. The number of benzene rings is 8. The largest absolute Gasteiger partial charge is 0.456 e. The molecule has 8 rings (SSSR count). The Balaban J connectivity index is 1.35. The maximum absolute atomic E-state index is 10.2. The van der Waals surface area contributed by atoms with Gasteiger partial charge in [0.2, 0.25) is 0 Å². The van der Waals surface area contributed by atoms with Crippen molar-refractivity contribution in [2.75, 3.05) is 0 Å². The SMILES string of the molecule is OCc1ccccc1-c1ccccc1Oc1ccc2ccccc2c1-c1c(Oc2ccccc2-c2ccccc2CO)ccc2ccccc12. The Bertz CT molecular complexity index is 2310. The zero-order valence-corrected chi connectivity index (χ0v) is 27.3. The van der Waals surface area contributed by atoms with E-state index in [1.165, 1.54) is 0 Å². The van der Waals surface area contributed by atoms with E-state index in [2.05, 4.69) is 36.4 Å². The third kappa shape index (κ3) is 5.77. The maximum atomic E-state index is 10.2. The standard InChI is InChI=1S/C46H34O4/c47-29-33-15-3-5-17-35(33)39-21-9-11-23-41(39)49-43-27-25-31-13-1-7-19-37(31)45(43)46-38-20-8-2-14-32(38)26-28-44(46)50-42-24-12-10-22-40(42)36-18-6-4-16-34(36)30-48/h1-28,47-48H,29-30H2. The van der Waals surface area contributed by atoms with Crippen LogP contribution in [0.2, 0.25) is 0 Å². The average Bonchev–Trinajstić information content (AvgIpc) is 3.18. The highest BCUT2D eigenvalue weighted by atomic mass is 16.5. The first-order chi connectivity index (χ1) is 24.7. The third-order valence-corrected chi connectivity index (χ3v) is 9.20. The molecule has 0 atom stereocenters. The summed E-state index contributed by atoms with van der Waals surface area (Å²) < 4.78 is 13.9. The Hall–Kier alpha value is -6.20. The minimum Gasteiger partial charge on any atom is -0.456 e. The lowest BCUT2D eigenvalue weighted by atomic mass is 9.92. The van der Waals surface area contributed by atoms with Crippen LogP contribution in [0.15, 0.2) is 170 Å². The van der Waals surface area contributed by atoms with E-state index in [1.807, 2.05) is 133 Å². The van der Waals surface area contributed by atoms with Crippen molar-refractivity contribution < 1.29 is 19.7 Å². The van der Waals surface area contributed by atoms with E-state index >= 15 is 0 Å². The molecule has 0 saturated heterocycles. The van der Waals surface area contributed by atoms with Crippen LogP contribution in [0.1, 0.15) is 11.1 Å². The van der Waals surface area contributed by atoms with Gasteiger partial charge in [-0.15, -0.1) is 0 Å². The highest BCUT2D eigenvalue weighted by Gasteiger charge is 2.22. The highest BCUT2D eigenvalue weighted by molar-refractivity contribution is 6.10. The summed E-state index contributed by atoms with van der Waals surface area (Å²) in [6.45, 7) is -0.153. The van der Waals surface area contributed by atoms with E-state index in [0.717, 1.165) is 66.1 Å². The first-order valence-corrected chi connectivity index (χ1v) is 16.7. The zero-order chi connectivity index (χ0) is 33.9. The van der Waals surface area contributed by atoms with Crippen molar-refractivity contribution in [1.82, 2.24) is 0 Å². The van der Waals surface area contributed by atoms with Crippen molar-refractivity contribution >= 4 is 21.5 Å². The summed E-state index contributed by atoms with van der Waals surface area (Å²) in [6.07, 6.45) is 0. The van der Waals surface area contributed by atoms with Crippen LogP contribution in [0.5, 0.6) is 23.0 Å². The normalized spacial score (nSPS) is 11.2. The summed E-state index contributed by atoms with van der Waals surface area (Å²) in [5.74, 6) is 2.72. The fourth-order valence-electron chi connectivity index (χ4n) is 6.82. The van der Waals surface area contributed by atoms with E-state index in [1.54, 1.807) is 0 Å². The van der Waals surface area contributed by atoms with Crippen LogP contribution >= 0.6 is 0 Å². The van der Waals surface area contributed by atoms with E-state index in [9.17, 15) is 10.2 Å². The van der Waals surface area contributed by atoms with Crippen LogP contribution < -0.4 is 9.47 Å². The molecule has 0 spiro atoms. The minimum atomic E-state index is -0.0767. The van der Waals surface area contributed by atoms with Gasteiger partial charge in [0.25, 0.3) is 0 Å². The molecule has 4 heteroatoms. The highest BCUT2D eigenvalue weighted by Crippen LogP contribution is 2.49. The van der Waals surface area contributed by atoms with Gasteiger partial charge in [-0.05, 0) is 68.1 Å². The molecule has 0 fully saturated rings. The predicted octanol–water partition coefficient (Wildman–Crippen LogP) is 11.6. The van der Waals surface area contributed by atoms with Crippen LogP contribution in [0.3, 0.4) is 0 Å². The molecule has 0 saturated carbocycles. The van der Waals surface area contributed by atoms with Crippen molar-refractivity contribution in [2.45, 2.75) is 13.2 Å². The van der Waals surface area contributed by atoms with E-state index in [0.29, 0.717) is 23.0 Å². The Kier molecular flexibility index (Phi) is 8.54. The lowest BCUT2D eigenvalue weighted by molar-refractivity contribution is 0.282. The Morgan fingerprint density at radius 2 is 0.680 bits per heavy atom. The fraction of sp³-hybridized carbons (Fsp3) is 0.0435. The number of rotatable bonds is 9. The van der Waals surface area contributed by atoms with Crippen molar-refractivity contribution in [1.29, 1.82) is 0 Å². The van der Waals surface area contributed by atoms with Crippen LogP contribution in [-0.2, 0) is 13.2 Å². The van der Waals surface area contributed by atoms with Crippen LogP contribution in [0.25, 0.3) is 54.9 Å². The number of aliphatic hydroxyl groups excluding tert-OH is 2. The molecule has 0 aliphatic rings. The van der Waals surface area contributed by atoms with Gasteiger partial charge < -0.3 is 19.7 Å².